The zero-order chi connectivity index (χ0) is 14.8. The second-order valence-electron chi connectivity index (χ2n) is 5.41. The Labute approximate surface area is 122 Å². The van der Waals surface area contributed by atoms with Gasteiger partial charge in [0.15, 0.2) is 0 Å². The minimum atomic E-state index is 0.0886. The van der Waals surface area contributed by atoms with Crippen LogP contribution in [-0.4, -0.2) is 24.4 Å². The number of amides is 1. The van der Waals surface area contributed by atoms with Gasteiger partial charge in [-0.2, -0.15) is 0 Å². The third-order valence-electron chi connectivity index (χ3n) is 2.89. The van der Waals surface area contributed by atoms with Crippen LogP contribution in [0.3, 0.4) is 0 Å². The lowest BCUT2D eigenvalue weighted by molar-refractivity contribution is -0.125. The molecule has 0 bridgehead atoms. The predicted octanol–water partition coefficient (Wildman–Crippen LogP) is 4.15. The highest BCUT2D eigenvalue weighted by Crippen LogP contribution is 2.03. The van der Waals surface area contributed by atoms with Crippen molar-refractivity contribution in [3.8, 4) is 0 Å². The summed E-state index contributed by atoms with van der Waals surface area (Å²) in [5.41, 5.74) is 1.21. The number of hydrogen-bond donors (Lipinski definition) is 0. The predicted molar refractivity (Wildman–Crippen MR) is 86.3 cm³/mol. The van der Waals surface area contributed by atoms with Crippen LogP contribution >= 0.6 is 0 Å². The molecule has 0 aliphatic carbocycles. The molecule has 2 nitrogen and oxygen atoms in total. The maximum absolute atomic E-state index is 11.8. The van der Waals surface area contributed by atoms with Gasteiger partial charge in [0.25, 0.3) is 0 Å². The summed E-state index contributed by atoms with van der Waals surface area (Å²) in [7, 11) is 1.85. The second kappa shape index (κ2) is 9.13. The fourth-order valence-electron chi connectivity index (χ4n) is 1.93. The van der Waals surface area contributed by atoms with Crippen molar-refractivity contribution < 1.29 is 4.79 Å². The van der Waals surface area contributed by atoms with E-state index in [1.54, 1.807) is 11.0 Å². The van der Waals surface area contributed by atoms with Gasteiger partial charge in [0.2, 0.25) is 5.91 Å². The number of allylic oxidation sites excluding steroid dienone is 2. The molecule has 108 valence electrons. The molecule has 0 N–H and O–H groups in total. The van der Waals surface area contributed by atoms with Gasteiger partial charge >= 0.3 is 0 Å². The van der Waals surface area contributed by atoms with E-state index in [9.17, 15) is 4.79 Å². The molecule has 0 spiro atoms. The van der Waals surface area contributed by atoms with Crippen molar-refractivity contribution in [3.63, 3.8) is 0 Å². The van der Waals surface area contributed by atoms with E-state index >= 15 is 0 Å². The largest absolute Gasteiger partial charge is 0.342 e. The highest BCUT2D eigenvalue weighted by Gasteiger charge is 2.05. The lowest BCUT2D eigenvalue weighted by Crippen LogP contribution is -2.28. The molecule has 0 aliphatic heterocycles. The fourth-order valence-corrected chi connectivity index (χ4v) is 1.93. The topological polar surface area (TPSA) is 20.3 Å². The Balaban J connectivity index is 2.25. The lowest BCUT2D eigenvalue weighted by atomic mass is 10.2. The van der Waals surface area contributed by atoms with Crippen LogP contribution in [0.1, 0.15) is 32.3 Å². The van der Waals surface area contributed by atoms with Gasteiger partial charge in [-0.25, -0.2) is 0 Å². The lowest BCUT2D eigenvalue weighted by Gasteiger charge is -2.17. The van der Waals surface area contributed by atoms with Gasteiger partial charge in [-0.15, -0.1) is 0 Å². The van der Waals surface area contributed by atoms with Gasteiger partial charge in [0, 0.05) is 13.6 Å². The second-order valence-corrected chi connectivity index (χ2v) is 5.41. The monoisotopic (exact) mass is 271 g/mol. The summed E-state index contributed by atoms with van der Waals surface area (Å²) < 4.78 is 0. The minimum Gasteiger partial charge on any atom is -0.342 e. The number of carbonyl (C=O) groups is 1. The third kappa shape index (κ3) is 6.93. The summed E-state index contributed by atoms with van der Waals surface area (Å²) in [6, 6.07) is 10.2. The summed E-state index contributed by atoms with van der Waals surface area (Å²) in [6.45, 7) is 5.03. The molecule has 0 heterocycles. The number of carbonyl (C=O) groups excluding carboxylic acids is 1. The van der Waals surface area contributed by atoms with Crippen molar-refractivity contribution in [2.75, 3.05) is 13.6 Å². The van der Waals surface area contributed by atoms with E-state index in [-0.39, 0.29) is 5.91 Å². The molecule has 0 aliphatic rings. The molecule has 0 radical (unpaired) electrons. The van der Waals surface area contributed by atoms with E-state index in [1.807, 2.05) is 31.3 Å². The molecule has 0 unspecified atom stereocenters. The first-order chi connectivity index (χ1) is 9.59. The number of likely N-dealkylation sites (N-methyl/N-ethyl adjacent to an activating group) is 1. The Bertz CT molecular complexity index is 446. The molecule has 0 saturated carbocycles. The Hall–Kier alpha value is -1.83. The smallest absolute Gasteiger partial charge is 0.245 e. The molecule has 2 heteroatoms. The van der Waals surface area contributed by atoms with E-state index in [0.717, 1.165) is 19.4 Å². The molecule has 20 heavy (non-hydrogen) atoms. The summed E-state index contributed by atoms with van der Waals surface area (Å²) in [6.07, 6.45) is 9.73. The third-order valence-corrected chi connectivity index (χ3v) is 2.89. The molecule has 0 aromatic heterocycles. The zero-order valence-corrected chi connectivity index (χ0v) is 12.8. The fraction of sp³-hybridized carbons (Fsp3) is 0.389. The van der Waals surface area contributed by atoms with Crippen molar-refractivity contribution in [3.05, 3.63) is 54.1 Å². The summed E-state index contributed by atoms with van der Waals surface area (Å²) in [5, 5.41) is 0. The summed E-state index contributed by atoms with van der Waals surface area (Å²) >= 11 is 0. The van der Waals surface area contributed by atoms with E-state index in [1.165, 1.54) is 5.56 Å². The van der Waals surface area contributed by atoms with E-state index in [4.69, 9.17) is 0 Å². The SMILES string of the molecule is CC(C)CN(C)C(=O)C=CCCC=Cc1ccccc1. The van der Waals surface area contributed by atoms with Crippen LogP contribution in [0.4, 0.5) is 0 Å². The Morgan fingerprint density at radius 1 is 1.15 bits per heavy atom. The highest BCUT2D eigenvalue weighted by atomic mass is 16.2. The molecule has 1 amide bonds. The van der Waals surface area contributed by atoms with Crippen LogP contribution in [0.2, 0.25) is 0 Å². The molecule has 1 aromatic rings. The van der Waals surface area contributed by atoms with Crippen molar-refractivity contribution in [1.29, 1.82) is 0 Å². The van der Waals surface area contributed by atoms with E-state index < -0.39 is 0 Å². The first-order valence-corrected chi connectivity index (χ1v) is 7.23. The van der Waals surface area contributed by atoms with Crippen molar-refractivity contribution in [2.24, 2.45) is 5.92 Å². The van der Waals surface area contributed by atoms with Crippen LogP contribution in [0, 0.1) is 5.92 Å². The molecular formula is C18H25NO. The standard InChI is InChI=1S/C18H25NO/c1-16(2)15-19(3)18(20)14-10-5-4-7-11-17-12-8-6-9-13-17/h6-14,16H,4-5,15H2,1-3H3. The molecule has 1 aromatic carbocycles. The quantitative estimate of drug-likeness (QED) is 0.539. The van der Waals surface area contributed by atoms with Gasteiger partial charge in [0.05, 0.1) is 0 Å². The number of benzene rings is 1. The molecule has 1 rings (SSSR count). The van der Waals surface area contributed by atoms with Crippen molar-refractivity contribution >= 4 is 12.0 Å². The maximum Gasteiger partial charge on any atom is 0.245 e. The van der Waals surface area contributed by atoms with Gasteiger partial charge in [-0.05, 0) is 30.4 Å². The van der Waals surface area contributed by atoms with Crippen molar-refractivity contribution in [2.45, 2.75) is 26.7 Å². The summed E-state index contributed by atoms with van der Waals surface area (Å²) in [4.78, 5) is 13.5. The number of rotatable bonds is 7. The van der Waals surface area contributed by atoms with Crippen LogP contribution in [0.25, 0.3) is 6.08 Å². The van der Waals surface area contributed by atoms with Crippen LogP contribution in [0.5, 0.6) is 0 Å². The molecule has 0 atom stereocenters. The average Bonchev–Trinajstić information content (AvgIpc) is 2.42. The summed E-state index contributed by atoms with van der Waals surface area (Å²) in [5.74, 6) is 0.594. The van der Waals surface area contributed by atoms with Gasteiger partial charge in [0.1, 0.15) is 0 Å². The Morgan fingerprint density at radius 2 is 1.80 bits per heavy atom. The Morgan fingerprint density at radius 3 is 2.45 bits per heavy atom. The number of unbranched alkanes of at least 4 members (excludes halogenated alkanes) is 1. The number of hydrogen-bond acceptors (Lipinski definition) is 1. The average molecular weight is 271 g/mol. The van der Waals surface area contributed by atoms with E-state index in [0.29, 0.717) is 5.92 Å². The highest BCUT2D eigenvalue weighted by molar-refractivity contribution is 5.87. The minimum absolute atomic E-state index is 0.0886. The molecule has 0 fully saturated rings. The van der Waals surface area contributed by atoms with Crippen LogP contribution in [0.15, 0.2) is 48.6 Å². The van der Waals surface area contributed by atoms with Crippen molar-refractivity contribution in [1.82, 2.24) is 4.90 Å². The Kier molecular flexibility index (Phi) is 7.41. The van der Waals surface area contributed by atoms with Crippen LogP contribution < -0.4 is 0 Å². The van der Waals surface area contributed by atoms with Gasteiger partial charge in [-0.3, -0.25) is 4.79 Å². The normalized spacial score (nSPS) is 11.6. The van der Waals surface area contributed by atoms with Gasteiger partial charge in [-0.1, -0.05) is 62.4 Å². The van der Waals surface area contributed by atoms with Gasteiger partial charge < -0.3 is 4.90 Å². The first-order valence-electron chi connectivity index (χ1n) is 7.23. The maximum atomic E-state index is 11.8. The zero-order valence-electron chi connectivity index (χ0n) is 12.8. The van der Waals surface area contributed by atoms with E-state index in [2.05, 4.69) is 38.1 Å². The first kappa shape index (κ1) is 16.2. The van der Waals surface area contributed by atoms with Crippen LogP contribution in [-0.2, 0) is 4.79 Å². The molecular weight excluding hydrogens is 246 g/mol. The molecule has 0 saturated heterocycles. The number of nitrogens with zero attached hydrogens (tertiary/aromatic N) is 1.